The van der Waals surface area contributed by atoms with Crippen molar-refractivity contribution in [2.24, 2.45) is 4.99 Å². The summed E-state index contributed by atoms with van der Waals surface area (Å²) in [6, 6.07) is 17.6. The number of amidine groups is 1. The van der Waals surface area contributed by atoms with Crippen LogP contribution in [-0.4, -0.2) is 34.1 Å². The van der Waals surface area contributed by atoms with Gasteiger partial charge in [-0.3, -0.25) is 9.69 Å². The van der Waals surface area contributed by atoms with Gasteiger partial charge < -0.3 is 9.84 Å². The summed E-state index contributed by atoms with van der Waals surface area (Å²) in [5, 5.41) is 9.91. The fraction of sp³-hybridized carbons (Fsp3) is 0.0800. The Hall–Kier alpha value is -3.62. The lowest BCUT2D eigenvalue weighted by Gasteiger charge is -2.09. The third-order valence-corrected chi connectivity index (χ3v) is 6.27. The highest BCUT2D eigenvalue weighted by Crippen LogP contribution is 2.34. The van der Waals surface area contributed by atoms with Crippen LogP contribution in [0, 0.1) is 5.82 Å². The standard InChI is InChI=1S/C25H18ClFN2O4S/c1-29-23(30)22(34-25(29)28-18-7-4-6-16(13-18)24(31)32)12-15-9-10-21(19(26)11-15)33-14-17-5-2-3-8-20(17)27/h2-13H,14H2,1H3,(H,31,32)/b22-12-,28-25?. The van der Waals surface area contributed by atoms with Gasteiger partial charge in [-0.1, -0.05) is 41.9 Å². The van der Waals surface area contributed by atoms with Crippen molar-refractivity contribution in [2.75, 3.05) is 7.05 Å². The summed E-state index contributed by atoms with van der Waals surface area (Å²) in [4.78, 5) is 30.1. The predicted molar refractivity (Wildman–Crippen MR) is 131 cm³/mol. The van der Waals surface area contributed by atoms with E-state index < -0.39 is 5.97 Å². The SMILES string of the molecule is CN1C(=O)/C(=C/c2ccc(OCc3ccccc3F)c(Cl)c2)SC1=Nc1cccc(C(=O)O)c1. The number of benzene rings is 3. The summed E-state index contributed by atoms with van der Waals surface area (Å²) >= 11 is 7.51. The normalized spacial score (nSPS) is 15.9. The molecule has 172 valence electrons. The fourth-order valence-electron chi connectivity index (χ4n) is 3.12. The molecule has 1 amide bonds. The summed E-state index contributed by atoms with van der Waals surface area (Å²) in [6.45, 7) is 0.0366. The first kappa shape index (κ1) is 23.5. The van der Waals surface area contributed by atoms with Crippen LogP contribution >= 0.6 is 23.4 Å². The average molecular weight is 497 g/mol. The quantitative estimate of drug-likeness (QED) is 0.424. The number of ether oxygens (including phenoxy) is 1. The molecule has 1 fully saturated rings. The lowest BCUT2D eigenvalue weighted by Crippen LogP contribution is -2.23. The number of hydrogen-bond acceptors (Lipinski definition) is 5. The van der Waals surface area contributed by atoms with Crippen molar-refractivity contribution in [1.82, 2.24) is 4.90 Å². The lowest BCUT2D eigenvalue weighted by molar-refractivity contribution is -0.121. The molecule has 1 heterocycles. The van der Waals surface area contributed by atoms with Gasteiger partial charge in [-0.25, -0.2) is 14.2 Å². The van der Waals surface area contributed by atoms with E-state index in [-0.39, 0.29) is 23.9 Å². The third-order valence-electron chi connectivity index (χ3n) is 4.92. The molecule has 0 aliphatic carbocycles. The first-order valence-corrected chi connectivity index (χ1v) is 11.3. The molecule has 1 N–H and O–H groups in total. The Morgan fingerprint density at radius 3 is 2.71 bits per heavy atom. The first-order valence-electron chi connectivity index (χ1n) is 10.1. The predicted octanol–water partition coefficient (Wildman–Crippen LogP) is 5.99. The van der Waals surface area contributed by atoms with Crippen LogP contribution in [0.1, 0.15) is 21.5 Å². The molecule has 4 rings (SSSR count). The minimum absolute atomic E-state index is 0.0366. The number of halogens is 2. The van der Waals surface area contributed by atoms with Gasteiger partial charge in [0.05, 0.1) is 21.2 Å². The lowest BCUT2D eigenvalue weighted by atomic mass is 10.2. The van der Waals surface area contributed by atoms with Gasteiger partial charge in [0, 0.05) is 12.6 Å². The molecule has 1 aliphatic heterocycles. The first-order chi connectivity index (χ1) is 16.3. The molecule has 0 saturated carbocycles. The summed E-state index contributed by atoms with van der Waals surface area (Å²) < 4.78 is 19.4. The van der Waals surface area contributed by atoms with Gasteiger partial charge in [-0.2, -0.15) is 0 Å². The van der Waals surface area contributed by atoms with Crippen molar-refractivity contribution >= 4 is 52.2 Å². The van der Waals surface area contributed by atoms with Crippen molar-refractivity contribution in [3.8, 4) is 5.75 Å². The summed E-state index contributed by atoms with van der Waals surface area (Å²) in [5.74, 6) is -1.25. The van der Waals surface area contributed by atoms with Gasteiger partial charge >= 0.3 is 5.97 Å². The number of likely N-dealkylation sites (N-methyl/N-ethyl adjacent to an activating group) is 1. The molecule has 0 atom stereocenters. The number of thioether (sulfide) groups is 1. The van der Waals surface area contributed by atoms with Gasteiger partial charge in [0.15, 0.2) is 5.17 Å². The van der Waals surface area contributed by atoms with Crippen LogP contribution in [0.2, 0.25) is 5.02 Å². The second-order valence-corrected chi connectivity index (χ2v) is 8.71. The monoisotopic (exact) mass is 496 g/mol. The van der Waals surface area contributed by atoms with Gasteiger partial charge in [-0.15, -0.1) is 0 Å². The molecule has 3 aromatic carbocycles. The highest BCUT2D eigenvalue weighted by Gasteiger charge is 2.30. The maximum atomic E-state index is 13.8. The summed E-state index contributed by atoms with van der Waals surface area (Å²) in [7, 11) is 1.60. The molecule has 34 heavy (non-hydrogen) atoms. The van der Waals surface area contributed by atoms with Crippen molar-refractivity contribution in [1.29, 1.82) is 0 Å². The number of aliphatic imine (C=N–C) groups is 1. The fourth-order valence-corrected chi connectivity index (χ4v) is 4.35. The Morgan fingerprint density at radius 2 is 1.97 bits per heavy atom. The molecule has 0 radical (unpaired) electrons. The molecule has 1 saturated heterocycles. The number of nitrogens with zero attached hydrogens (tertiary/aromatic N) is 2. The molecule has 0 aromatic heterocycles. The average Bonchev–Trinajstić information content (AvgIpc) is 3.07. The minimum atomic E-state index is -1.05. The molecule has 0 spiro atoms. The van der Waals surface area contributed by atoms with Crippen LogP contribution in [0.5, 0.6) is 5.75 Å². The summed E-state index contributed by atoms with van der Waals surface area (Å²) in [5.41, 5.74) is 1.65. The number of carbonyl (C=O) groups excluding carboxylic acids is 1. The molecule has 3 aromatic rings. The van der Waals surface area contributed by atoms with Crippen molar-refractivity contribution in [3.63, 3.8) is 0 Å². The van der Waals surface area contributed by atoms with E-state index in [4.69, 9.17) is 21.4 Å². The van der Waals surface area contributed by atoms with Gasteiger partial charge in [0.25, 0.3) is 5.91 Å². The highest BCUT2D eigenvalue weighted by atomic mass is 35.5. The molecule has 0 bridgehead atoms. The molecule has 9 heteroatoms. The van der Waals surface area contributed by atoms with E-state index in [0.717, 1.165) is 0 Å². The number of carboxylic acids is 1. The van der Waals surface area contributed by atoms with E-state index in [1.165, 1.54) is 34.9 Å². The zero-order valence-electron chi connectivity index (χ0n) is 17.9. The van der Waals surface area contributed by atoms with Gasteiger partial charge in [-0.05, 0) is 59.8 Å². The maximum Gasteiger partial charge on any atom is 0.335 e. The largest absolute Gasteiger partial charge is 0.487 e. The number of amides is 1. The number of rotatable bonds is 6. The zero-order chi connectivity index (χ0) is 24.2. The van der Waals surface area contributed by atoms with Crippen LogP contribution in [0.25, 0.3) is 6.08 Å². The van der Waals surface area contributed by atoms with E-state index in [9.17, 15) is 14.0 Å². The number of hydrogen-bond donors (Lipinski definition) is 1. The molecule has 0 unspecified atom stereocenters. The van der Waals surface area contributed by atoms with Crippen molar-refractivity contribution < 1.29 is 23.8 Å². The van der Waals surface area contributed by atoms with Gasteiger partial charge in [0.2, 0.25) is 0 Å². The van der Waals surface area contributed by atoms with Crippen LogP contribution in [0.3, 0.4) is 0 Å². The number of aromatic carboxylic acids is 1. The van der Waals surface area contributed by atoms with Crippen LogP contribution < -0.4 is 4.74 Å². The van der Waals surface area contributed by atoms with E-state index in [0.29, 0.717) is 37.7 Å². The molecular formula is C25H18ClFN2O4S. The second-order valence-electron chi connectivity index (χ2n) is 7.29. The molecular weight excluding hydrogens is 479 g/mol. The third kappa shape index (κ3) is 5.30. The topological polar surface area (TPSA) is 79.2 Å². The maximum absolute atomic E-state index is 13.8. The zero-order valence-corrected chi connectivity index (χ0v) is 19.4. The van der Waals surface area contributed by atoms with Crippen molar-refractivity contribution in [2.45, 2.75) is 6.61 Å². The van der Waals surface area contributed by atoms with Crippen LogP contribution in [-0.2, 0) is 11.4 Å². The minimum Gasteiger partial charge on any atom is -0.487 e. The Kier molecular flexibility index (Phi) is 7.00. The number of carbonyl (C=O) groups is 2. The number of carboxylic acid groups (broad SMARTS) is 1. The molecule has 6 nitrogen and oxygen atoms in total. The van der Waals surface area contributed by atoms with Crippen LogP contribution in [0.15, 0.2) is 76.6 Å². The van der Waals surface area contributed by atoms with E-state index in [1.807, 2.05) is 0 Å². The van der Waals surface area contributed by atoms with Gasteiger partial charge in [0.1, 0.15) is 18.2 Å². The summed E-state index contributed by atoms with van der Waals surface area (Å²) in [6.07, 6.45) is 1.69. The smallest absolute Gasteiger partial charge is 0.335 e. The second kappa shape index (κ2) is 10.1. The van der Waals surface area contributed by atoms with E-state index in [1.54, 1.807) is 61.7 Å². The Balaban J connectivity index is 1.51. The Labute approximate surface area is 204 Å². The van der Waals surface area contributed by atoms with Crippen molar-refractivity contribution in [3.05, 3.63) is 99.2 Å². The molecule has 1 aliphatic rings. The highest BCUT2D eigenvalue weighted by molar-refractivity contribution is 8.18. The van der Waals surface area contributed by atoms with E-state index >= 15 is 0 Å². The Morgan fingerprint density at radius 1 is 1.18 bits per heavy atom. The van der Waals surface area contributed by atoms with E-state index in [2.05, 4.69) is 4.99 Å². The van der Waals surface area contributed by atoms with Crippen LogP contribution in [0.4, 0.5) is 10.1 Å². The Bertz CT molecular complexity index is 1340.